The van der Waals surface area contributed by atoms with E-state index in [0.29, 0.717) is 10.0 Å². The molecule has 4 amide bonds. The van der Waals surface area contributed by atoms with Crippen molar-refractivity contribution in [1.82, 2.24) is 0 Å². The minimum atomic E-state index is -0.911. The smallest absolute Gasteiger partial charge is 0.333 e. The van der Waals surface area contributed by atoms with Crippen LogP contribution in [0.2, 0.25) is 0 Å². The Kier molecular flexibility index (Phi) is 5.08. The average molecular weight is 284 g/mol. The van der Waals surface area contributed by atoms with Gasteiger partial charge in [0.25, 0.3) is 0 Å². The van der Waals surface area contributed by atoms with Gasteiger partial charge in [-0.05, 0) is 12.1 Å². The predicted molar refractivity (Wildman–Crippen MR) is 71.5 cm³/mol. The summed E-state index contributed by atoms with van der Waals surface area (Å²) in [5, 5.41) is 10.1. The highest BCUT2D eigenvalue weighted by atomic mass is 16.5. The van der Waals surface area contributed by atoms with Crippen LogP contribution in [0, 0.1) is 0 Å². The molecule has 0 aromatic heterocycles. The van der Waals surface area contributed by atoms with Gasteiger partial charge in [-0.2, -0.15) is 0 Å². The molecular formula is C10H16N6O4. The number of benzene rings is 1. The zero-order chi connectivity index (χ0) is 15.3. The zero-order valence-corrected chi connectivity index (χ0v) is 10.5. The summed E-state index contributed by atoms with van der Waals surface area (Å²) < 4.78 is 5.21. The first-order valence-corrected chi connectivity index (χ1v) is 5.44. The van der Waals surface area contributed by atoms with Crippen molar-refractivity contribution in [1.29, 1.82) is 0 Å². The molecule has 0 bridgehead atoms. The molecule has 10 heteroatoms. The second-order valence-corrected chi connectivity index (χ2v) is 3.64. The highest BCUT2D eigenvalue weighted by molar-refractivity contribution is 5.93. The summed E-state index contributed by atoms with van der Waals surface area (Å²) in [7, 11) is 0. The van der Waals surface area contributed by atoms with Crippen LogP contribution in [0.3, 0.4) is 0 Å². The number of nitrogens with two attached hydrogens (primary N) is 4. The molecule has 1 rings (SSSR count). The maximum Gasteiger partial charge on any atom is 0.333 e. The number of amides is 4. The van der Waals surface area contributed by atoms with Gasteiger partial charge in [-0.15, -0.1) is 0 Å². The third-order valence-electron chi connectivity index (χ3n) is 2.30. The Bertz CT molecular complexity index is 509. The first-order chi connectivity index (χ1) is 9.38. The van der Waals surface area contributed by atoms with Crippen molar-refractivity contribution in [2.45, 2.75) is 0 Å². The standard InChI is InChI=1S/C10H16N6O4/c11-9(18)15(13)6-1-2-7(16(14)10(12)19)8(5-6)20-4-3-17/h1-2,5,17H,3-4,13-14H2,(H2,11,18)(H2,12,19). The lowest BCUT2D eigenvalue weighted by Gasteiger charge is -2.21. The molecule has 1 aromatic rings. The van der Waals surface area contributed by atoms with E-state index in [0.717, 1.165) is 0 Å². The van der Waals surface area contributed by atoms with Crippen molar-refractivity contribution in [3.63, 3.8) is 0 Å². The fraction of sp³-hybridized carbons (Fsp3) is 0.200. The van der Waals surface area contributed by atoms with Crippen molar-refractivity contribution < 1.29 is 19.4 Å². The molecule has 0 aliphatic rings. The number of ether oxygens (including phenoxy) is 1. The van der Waals surface area contributed by atoms with Crippen molar-refractivity contribution in [2.75, 3.05) is 23.2 Å². The third-order valence-corrected chi connectivity index (χ3v) is 2.30. The highest BCUT2D eigenvalue weighted by Gasteiger charge is 2.17. The number of hydrazine groups is 2. The number of hydrogen-bond donors (Lipinski definition) is 5. The molecular weight excluding hydrogens is 268 g/mol. The van der Waals surface area contributed by atoms with E-state index < -0.39 is 12.1 Å². The SMILES string of the molecule is NC(=O)N(N)c1ccc(N(N)C(N)=O)c(OCCO)c1. The largest absolute Gasteiger partial charge is 0.489 e. The molecule has 0 atom stereocenters. The number of primary amides is 2. The van der Waals surface area contributed by atoms with Gasteiger partial charge >= 0.3 is 12.1 Å². The Balaban J connectivity index is 3.18. The number of aliphatic hydroxyl groups excluding tert-OH is 1. The van der Waals surface area contributed by atoms with Crippen LogP contribution in [0.15, 0.2) is 18.2 Å². The number of hydrogen-bond acceptors (Lipinski definition) is 6. The van der Waals surface area contributed by atoms with E-state index in [2.05, 4.69) is 0 Å². The van der Waals surface area contributed by atoms with Gasteiger partial charge in [0, 0.05) is 6.07 Å². The Morgan fingerprint density at radius 3 is 2.25 bits per heavy atom. The third kappa shape index (κ3) is 3.47. The molecule has 0 saturated carbocycles. The quantitative estimate of drug-likeness (QED) is 0.252. The Hall–Kier alpha value is -2.56. The predicted octanol–water partition coefficient (Wildman–Crippen LogP) is -1.42. The molecule has 0 aliphatic carbocycles. The molecule has 9 N–H and O–H groups in total. The number of aliphatic hydroxyl groups is 1. The van der Waals surface area contributed by atoms with E-state index in [-0.39, 0.29) is 30.3 Å². The monoisotopic (exact) mass is 284 g/mol. The Morgan fingerprint density at radius 1 is 1.15 bits per heavy atom. The van der Waals surface area contributed by atoms with Crippen LogP contribution >= 0.6 is 0 Å². The molecule has 0 heterocycles. The second kappa shape index (κ2) is 6.56. The number of urea groups is 2. The molecule has 0 unspecified atom stereocenters. The van der Waals surface area contributed by atoms with Gasteiger partial charge in [-0.3, -0.25) is 0 Å². The maximum absolute atomic E-state index is 11.1. The van der Waals surface area contributed by atoms with Crippen LogP contribution in [0.4, 0.5) is 21.0 Å². The van der Waals surface area contributed by atoms with E-state index >= 15 is 0 Å². The minimum Gasteiger partial charge on any atom is -0.489 e. The Morgan fingerprint density at radius 2 is 1.75 bits per heavy atom. The van der Waals surface area contributed by atoms with Crippen LogP contribution < -0.4 is 37.9 Å². The van der Waals surface area contributed by atoms with Gasteiger partial charge in [0.15, 0.2) is 0 Å². The first kappa shape index (κ1) is 15.5. The number of rotatable bonds is 5. The van der Waals surface area contributed by atoms with Gasteiger partial charge in [0.05, 0.1) is 12.3 Å². The van der Waals surface area contributed by atoms with E-state index in [1.165, 1.54) is 18.2 Å². The molecule has 0 saturated heterocycles. The fourth-order valence-electron chi connectivity index (χ4n) is 1.37. The topological polar surface area (TPSA) is 174 Å². The maximum atomic E-state index is 11.1. The van der Waals surface area contributed by atoms with Crippen molar-refractivity contribution >= 4 is 23.4 Å². The number of carbonyl (C=O) groups excluding carboxylic acids is 2. The van der Waals surface area contributed by atoms with Crippen LogP contribution in [-0.4, -0.2) is 30.4 Å². The molecule has 110 valence electrons. The van der Waals surface area contributed by atoms with Crippen LogP contribution in [-0.2, 0) is 0 Å². The molecule has 10 nitrogen and oxygen atoms in total. The molecule has 0 radical (unpaired) electrons. The number of anilines is 2. The molecule has 0 fully saturated rings. The number of carbonyl (C=O) groups is 2. The van der Waals surface area contributed by atoms with Crippen LogP contribution in [0.5, 0.6) is 5.75 Å². The first-order valence-electron chi connectivity index (χ1n) is 5.44. The molecule has 0 aliphatic heterocycles. The van der Waals surface area contributed by atoms with Gasteiger partial charge in [-0.25, -0.2) is 31.3 Å². The van der Waals surface area contributed by atoms with E-state index in [1.807, 2.05) is 0 Å². The highest BCUT2D eigenvalue weighted by Crippen LogP contribution is 2.31. The van der Waals surface area contributed by atoms with Gasteiger partial charge in [0.2, 0.25) is 0 Å². The number of nitrogens with zero attached hydrogens (tertiary/aromatic N) is 2. The van der Waals surface area contributed by atoms with Gasteiger partial charge < -0.3 is 21.3 Å². The summed E-state index contributed by atoms with van der Waals surface area (Å²) in [6, 6.07) is 2.31. The van der Waals surface area contributed by atoms with Crippen LogP contribution in [0.1, 0.15) is 0 Å². The lowest BCUT2D eigenvalue weighted by molar-refractivity contribution is 0.201. The molecule has 1 aromatic carbocycles. The minimum absolute atomic E-state index is 0.0514. The van der Waals surface area contributed by atoms with E-state index in [4.69, 9.17) is 33.0 Å². The molecule has 0 spiro atoms. The van der Waals surface area contributed by atoms with Gasteiger partial charge in [0.1, 0.15) is 18.0 Å². The van der Waals surface area contributed by atoms with E-state index in [9.17, 15) is 9.59 Å². The lowest BCUT2D eigenvalue weighted by Crippen LogP contribution is -2.42. The van der Waals surface area contributed by atoms with Crippen molar-refractivity contribution in [2.24, 2.45) is 23.2 Å². The zero-order valence-electron chi connectivity index (χ0n) is 10.5. The summed E-state index contributed by atoms with van der Waals surface area (Å²) in [5.74, 6) is 11.0. The van der Waals surface area contributed by atoms with Crippen molar-refractivity contribution in [3.8, 4) is 5.75 Å². The lowest BCUT2D eigenvalue weighted by atomic mass is 10.2. The second-order valence-electron chi connectivity index (χ2n) is 3.64. The summed E-state index contributed by atoms with van der Waals surface area (Å²) in [5.41, 5.74) is 10.5. The Labute approximate surface area is 114 Å². The van der Waals surface area contributed by atoms with E-state index in [1.54, 1.807) is 0 Å². The normalized spacial score (nSPS) is 9.95. The van der Waals surface area contributed by atoms with Crippen molar-refractivity contribution in [3.05, 3.63) is 18.2 Å². The summed E-state index contributed by atoms with van der Waals surface area (Å²) in [4.78, 5) is 22.0. The average Bonchev–Trinajstić information content (AvgIpc) is 2.42. The fourth-order valence-corrected chi connectivity index (χ4v) is 1.37. The summed E-state index contributed by atoms with van der Waals surface area (Å²) in [6.45, 7) is -0.308. The van der Waals surface area contributed by atoms with Gasteiger partial charge in [-0.1, -0.05) is 0 Å². The molecule has 20 heavy (non-hydrogen) atoms. The van der Waals surface area contributed by atoms with Crippen LogP contribution in [0.25, 0.3) is 0 Å². The summed E-state index contributed by atoms with van der Waals surface area (Å²) in [6.07, 6.45) is 0. The summed E-state index contributed by atoms with van der Waals surface area (Å²) >= 11 is 0.